The summed E-state index contributed by atoms with van der Waals surface area (Å²) in [5, 5.41) is 87.6. The third kappa shape index (κ3) is 36.7. The molecule has 2 aliphatic heterocycles. The maximum Gasteiger partial charge on any atom is 0.220 e. The van der Waals surface area contributed by atoms with Crippen LogP contribution < -0.4 is 5.32 Å². The van der Waals surface area contributed by atoms with Crippen molar-refractivity contribution in [1.29, 1.82) is 0 Å². The number of hydrogen-bond donors (Lipinski definition) is 9. The minimum atomic E-state index is -1.78. The molecule has 0 spiro atoms. The van der Waals surface area contributed by atoms with Gasteiger partial charge in [-0.3, -0.25) is 4.79 Å². The molecule has 2 rings (SSSR count). The second-order valence-corrected chi connectivity index (χ2v) is 24.7. The van der Waals surface area contributed by atoms with Gasteiger partial charge in [0, 0.05) is 6.42 Å². The van der Waals surface area contributed by atoms with E-state index in [0.29, 0.717) is 12.8 Å². The summed E-state index contributed by atoms with van der Waals surface area (Å²) in [6, 6.07) is -0.824. The summed E-state index contributed by atoms with van der Waals surface area (Å²) in [5.41, 5.74) is 0. The zero-order chi connectivity index (χ0) is 58.1. The molecular weight excluding hydrogens is 1010 g/mol. The van der Waals surface area contributed by atoms with E-state index in [2.05, 4.69) is 19.2 Å². The summed E-state index contributed by atoms with van der Waals surface area (Å²) in [5.74, 6) is -0.198. The molecular formula is C66H129NO13. The first-order valence-electron chi connectivity index (χ1n) is 34.3. The number of aliphatic hydroxyl groups is 8. The smallest absolute Gasteiger partial charge is 0.220 e. The predicted octanol–water partition coefficient (Wildman–Crippen LogP) is 13.2. The molecule has 0 radical (unpaired) electrons. The number of carbonyl (C=O) groups excluding carboxylic acids is 1. The molecule has 12 unspecified atom stereocenters. The molecule has 0 aromatic heterocycles. The number of rotatable bonds is 57. The molecule has 80 heavy (non-hydrogen) atoms. The summed E-state index contributed by atoms with van der Waals surface area (Å²) < 4.78 is 22.9. The van der Waals surface area contributed by atoms with Crippen molar-refractivity contribution in [2.75, 3.05) is 19.8 Å². The van der Waals surface area contributed by atoms with Crippen molar-refractivity contribution in [3.05, 3.63) is 0 Å². The van der Waals surface area contributed by atoms with Gasteiger partial charge in [-0.25, -0.2) is 0 Å². The average Bonchev–Trinajstić information content (AvgIpc) is 3.48. The van der Waals surface area contributed by atoms with Gasteiger partial charge in [0.1, 0.15) is 48.8 Å². The van der Waals surface area contributed by atoms with E-state index >= 15 is 0 Å². The minimum Gasteiger partial charge on any atom is -0.394 e. The van der Waals surface area contributed by atoms with Crippen LogP contribution >= 0.6 is 0 Å². The fourth-order valence-electron chi connectivity index (χ4n) is 11.8. The second-order valence-electron chi connectivity index (χ2n) is 24.7. The number of ether oxygens (including phenoxy) is 4. The normalized spacial score (nSPS) is 24.1. The third-order valence-electron chi connectivity index (χ3n) is 17.3. The molecule has 476 valence electrons. The van der Waals surface area contributed by atoms with Crippen molar-refractivity contribution in [2.45, 2.75) is 396 Å². The fraction of sp³-hybridized carbons (Fsp3) is 0.985. The van der Waals surface area contributed by atoms with Gasteiger partial charge >= 0.3 is 0 Å². The standard InChI is InChI=1S/C66H129NO13/c1-3-5-7-9-11-13-15-17-19-21-23-25-26-27-28-30-31-33-35-37-39-41-43-45-47-49-55(70)54(53-77-65-63(76)61(74)64(57(52-69)79-65)80-66-62(75)60(73)59(72)56(51-68)78-66)67-58(71)50-48-46-44-42-40-38-36-34-32-29-24-22-20-18-16-14-12-10-8-6-4-2/h54-57,59-66,68-70,72-76H,3-53H2,1-2H3,(H,67,71). The zero-order valence-electron chi connectivity index (χ0n) is 51.6. The number of nitrogens with one attached hydrogen (secondary N) is 1. The lowest BCUT2D eigenvalue weighted by Crippen LogP contribution is -2.65. The Labute approximate surface area is 489 Å². The Balaban J connectivity index is 1.68. The van der Waals surface area contributed by atoms with Crippen molar-refractivity contribution >= 4 is 5.91 Å². The van der Waals surface area contributed by atoms with Crippen LogP contribution in [0.5, 0.6) is 0 Å². The van der Waals surface area contributed by atoms with E-state index in [4.69, 9.17) is 18.9 Å². The minimum absolute atomic E-state index is 0.198. The lowest BCUT2D eigenvalue weighted by atomic mass is 9.97. The first kappa shape index (κ1) is 75.1. The number of carbonyl (C=O) groups is 1. The predicted molar refractivity (Wildman–Crippen MR) is 323 cm³/mol. The number of unbranched alkanes of at least 4 members (excludes halogenated alkanes) is 44. The highest BCUT2D eigenvalue weighted by atomic mass is 16.7. The van der Waals surface area contributed by atoms with Gasteiger partial charge in [0.05, 0.1) is 32.0 Å². The molecule has 0 aliphatic carbocycles. The monoisotopic (exact) mass is 1140 g/mol. The van der Waals surface area contributed by atoms with Crippen molar-refractivity contribution in [2.24, 2.45) is 0 Å². The Morgan fingerprint density at radius 1 is 0.400 bits per heavy atom. The molecule has 12 atom stereocenters. The molecule has 2 aliphatic rings. The van der Waals surface area contributed by atoms with E-state index in [1.165, 1.54) is 244 Å². The van der Waals surface area contributed by atoms with Crippen LogP contribution in [-0.4, -0.2) is 140 Å². The van der Waals surface area contributed by atoms with E-state index in [9.17, 15) is 45.6 Å². The van der Waals surface area contributed by atoms with E-state index in [0.717, 1.165) is 51.4 Å². The van der Waals surface area contributed by atoms with Crippen LogP contribution in [0.25, 0.3) is 0 Å². The van der Waals surface area contributed by atoms with E-state index in [1.54, 1.807) is 0 Å². The molecule has 14 heteroatoms. The van der Waals surface area contributed by atoms with Gasteiger partial charge in [-0.15, -0.1) is 0 Å². The SMILES string of the molecule is CCCCCCCCCCCCCCCCCCCCCCCCCCCC(O)C(COC1OC(CO)C(OC2OC(CO)C(O)C(O)C2O)C(O)C1O)NC(=O)CCCCCCCCCCCCCCCCCCCCCCC. The molecule has 9 N–H and O–H groups in total. The van der Waals surface area contributed by atoms with Crippen LogP contribution in [0, 0.1) is 0 Å². The summed E-state index contributed by atoms with van der Waals surface area (Å²) in [6.45, 7) is 2.93. The maximum atomic E-state index is 13.3. The Bertz CT molecular complexity index is 1350. The van der Waals surface area contributed by atoms with Gasteiger partial charge in [-0.1, -0.05) is 303 Å². The van der Waals surface area contributed by atoms with Gasteiger partial charge in [-0.2, -0.15) is 0 Å². The summed E-state index contributed by atoms with van der Waals surface area (Å²) in [4.78, 5) is 13.3. The molecule has 0 aromatic carbocycles. The Kier molecular flexibility index (Phi) is 49.1. The van der Waals surface area contributed by atoms with Crippen LogP contribution in [0.1, 0.15) is 322 Å². The highest BCUT2D eigenvalue weighted by molar-refractivity contribution is 5.76. The van der Waals surface area contributed by atoms with Crippen LogP contribution in [0.3, 0.4) is 0 Å². The molecule has 2 saturated heterocycles. The highest BCUT2D eigenvalue weighted by Crippen LogP contribution is 2.30. The lowest BCUT2D eigenvalue weighted by Gasteiger charge is -2.46. The molecule has 2 fully saturated rings. The average molecular weight is 1140 g/mol. The van der Waals surface area contributed by atoms with E-state index in [-0.39, 0.29) is 12.5 Å². The number of aliphatic hydroxyl groups excluding tert-OH is 8. The Morgan fingerprint density at radius 3 is 1.06 bits per heavy atom. The lowest BCUT2D eigenvalue weighted by molar-refractivity contribution is -0.359. The number of amides is 1. The molecule has 0 saturated carbocycles. The summed E-state index contributed by atoms with van der Waals surface area (Å²) in [7, 11) is 0. The van der Waals surface area contributed by atoms with Crippen LogP contribution in [0.2, 0.25) is 0 Å². The second kappa shape index (κ2) is 52.3. The topological polar surface area (TPSA) is 228 Å². The van der Waals surface area contributed by atoms with E-state index < -0.39 is 86.8 Å². The van der Waals surface area contributed by atoms with Gasteiger partial charge < -0.3 is 65.1 Å². The van der Waals surface area contributed by atoms with Gasteiger partial charge in [0.15, 0.2) is 12.6 Å². The molecule has 0 aromatic rings. The molecule has 14 nitrogen and oxygen atoms in total. The third-order valence-corrected chi connectivity index (χ3v) is 17.3. The first-order chi connectivity index (χ1) is 39.1. The van der Waals surface area contributed by atoms with Crippen molar-refractivity contribution in [3.63, 3.8) is 0 Å². The summed E-state index contributed by atoms with van der Waals surface area (Å²) >= 11 is 0. The Morgan fingerprint density at radius 2 is 0.713 bits per heavy atom. The zero-order valence-corrected chi connectivity index (χ0v) is 51.6. The number of hydrogen-bond acceptors (Lipinski definition) is 13. The van der Waals surface area contributed by atoms with E-state index in [1.807, 2.05) is 0 Å². The van der Waals surface area contributed by atoms with Crippen LogP contribution in [0.4, 0.5) is 0 Å². The van der Waals surface area contributed by atoms with Gasteiger partial charge in [-0.05, 0) is 12.8 Å². The highest BCUT2D eigenvalue weighted by Gasteiger charge is 2.51. The molecule has 1 amide bonds. The van der Waals surface area contributed by atoms with Crippen molar-refractivity contribution in [3.8, 4) is 0 Å². The first-order valence-corrected chi connectivity index (χ1v) is 34.3. The van der Waals surface area contributed by atoms with Gasteiger partial charge in [0.25, 0.3) is 0 Å². The summed E-state index contributed by atoms with van der Waals surface area (Å²) in [6.07, 6.45) is 44.0. The van der Waals surface area contributed by atoms with Crippen molar-refractivity contribution in [1.82, 2.24) is 5.32 Å². The fourth-order valence-corrected chi connectivity index (χ4v) is 11.8. The molecule has 2 heterocycles. The maximum absolute atomic E-state index is 13.3. The largest absolute Gasteiger partial charge is 0.394 e. The van der Waals surface area contributed by atoms with Crippen molar-refractivity contribution < 1.29 is 64.6 Å². The quantitative estimate of drug-likeness (QED) is 0.0259. The molecule has 0 bridgehead atoms. The van der Waals surface area contributed by atoms with Crippen LogP contribution in [0.15, 0.2) is 0 Å². The van der Waals surface area contributed by atoms with Gasteiger partial charge in [0.2, 0.25) is 5.91 Å². The van der Waals surface area contributed by atoms with Crippen LogP contribution in [-0.2, 0) is 23.7 Å². The Hall–Kier alpha value is -1.01.